The summed E-state index contributed by atoms with van der Waals surface area (Å²) in [5, 5.41) is 17.7. The zero-order chi connectivity index (χ0) is 10.6. The molecule has 0 spiro atoms. The van der Waals surface area contributed by atoms with Gasteiger partial charge in [0, 0.05) is 6.42 Å². The lowest BCUT2D eigenvalue weighted by molar-refractivity contribution is 0.581. The van der Waals surface area contributed by atoms with E-state index >= 15 is 0 Å². The molecular weight excluding hydrogens is 172 g/mol. The van der Waals surface area contributed by atoms with Crippen LogP contribution in [0.4, 0.5) is 0 Å². The van der Waals surface area contributed by atoms with E-state index in [0.717, 1.165) is 5.56 Å². The summed E-state index contributed by atoms with van der Waals surface area (Å²) >= 11 is 0. The van der Waals surface area contributed by atoms with Crippen molar-refractivity contribution < 1.29 is 0 Å². The molecule has 1 rings (SSSR count). The Morgan fingerprint density at radius 1 is 1.14 bits per heavy atom. The molecule has 0 atom stereocenters. The molecule has 0 aromatic heterocycles. The highest BCUT2D eigenvalue weighted by Gasteiger charge is 2.23. The Kier molecular flexibility index (Phi) is 2.89. The molecule has 0 saturated carbocycles. The second-order valence-corrected chi connectivity index (χ2v) is 3.72. The van der Waals surface area contributed by atoms with Gasteiger partial charge in [-0.15, -0.1) is 0 Å². The van der Waals surface area contributed by atoms with Crippen molar-refractivity contribution in [2.75, 3.05) is 0 Å². The Morgan fingerprint density at radius 2 is 1.64 bits per heavy atom. The summed E-state index contributed by atoms with van der Waals surface area (Å²) in [5.74, 6) is 0. The minimum atomic E-state index is -0.907. The first-order valence-corrected chi connectivity index (χ1v) is 4.48. The number of rotatable bonds is 2. The molecule has 14 heavy (non-hydrogen) atoms. The van der Waals surface area contributed by atoms with Crippen LogP contribution >= 0.6 is 0 Å². The second kappa shape index (κ2) is 3.94. The third-order valence-electron chi connectivity index (χ3n) is 2.17. The molecule has 2 nitrogen and oxygen atoms in total. The molecule has 0 aliphatic heterocycles. The number of nitrogens with zero attached hydrogens (tertiary/aromatic N) is 2. The van der Waals surface area contributed by atoms with Crippen LogP contribution in [-0.4, -0.2) is 0 Å². The zero-order valence-corrected chi connectivity index (χ0v) is 8.41. The largest absolute Gasteiger partial charge is 0.197 e. The summed E-state index contributed by atoms with van der Waals surface area (Å²) in [7, 11) is 0. The Hall–Kier alpha value is -1.80. The Labute approximate surface area is 84.4 Å². The summed E-state index contributed by atoms with van der Waals surface area (Å²) < 4.78 is 0. The average Bonchev–Trinajstić information content (AvgIpc) is 2.21. The third kappa shape index (κ3) is 2.34. The van der Waals surface area contributed by atoms with E-state index in [1.165, 1.54) is 5.56 Å². The summed E-state index contributed by atoms with van der Waals surface area (Å²) in [4.78, 5) is 0. The van der Waals surface area contributed by atoms with Gasteiger partial charge >= 0.3 is 0 Å². The molecule has 0 unspecified atom stereocenters. The smallest absolute Gasteiger partial charge is 0.145 e. The van der Waals surface area contributed by atoms with Crippen LogP contribution in [0.15, 0.2) is 24.3 Å². The fourth-order valence-electron chi connectivity index (χ4n) is 1.22. The van der Waals surface area contributed by atoms with Crippen LogP contribution in [0.3, 0.4) is 0 Å². The van der Waals surface area contributed by atoms with Crippen molar-refractivity contribution in [3.63, 3.8) is 0 Å². The quantitative estimate of drug-likeness (QED) is 0.709. The van der Waals surface area contributed by atoms with Crippen molar-refractivity contribution >= 4 is 0 Å². The van der Waals surface area contributed by atoms with Gasteiger partial charge in [-0.3, -0.25) is 0 Å². The molecule has 0 N–H and O–H groups in total. The van der Waals surface area contributed by atoms with Crippen LogP contribution in [0.25, 0.3) is 0 Å². The molecule has 0 aliphatic carbocycles. The highest BCUT2D eigenvalue weighted by molar-refractivity contribution is 5.26. The molecule has 1 aromatic rings. The second-order valence-electron chi connectivity index (χ2n) is 3.72. The molecule has 0 aliphatic rings. The van der Waals surface area contributed by atoms with E-state index in [-0.39, 0.29) is 0 Å². The van der Waals surface area contributed by atoms with Gasteiger partial charge in [-0.1, -0.05) is 29.8 Å². The molecule has 0 fully saturated rings. The lowest BCUT2D eigenvalue weighted by Crippen LogP contribution is -2.14. The standard InChI is InChI=1S/C12H12N2/c1-10-3-5-11(6-4-10)7-12(2,8-13)9-14/h3-6H,7H2,1-2H3. The van der Waals surface area contributed by atoms with Crippen molar-refractivity contribution in [2.24, 2.45) is 5.41 Å². The minimum absolute atomic E-state index is 0.486. The van der Waals surface area contributed by atoms with Gasteiger partial charge in [-0.05, 0) is 19.4 Å². The summed E-state index contributed by atoms with van der Waals surface area (Å²) in [5.41, 5.74) is 1.31. The number of hydrogen-bond donors (Lipinski definition) is 0. The highest BCUT2D eigenvalue weighted by Crippen LogP contribution is 2.20. The summed E-state index contributed by atoms with van der Waals surface area (Å²) in [6.07, 6.45) is 0.486. The SMILES string of the molecule is Cc1ccc(CC(C)(C#N)C#N)cc1. The zero-order valence-electron chi connectivity index (χ0n) is 8.41. The Morgan fingerprint density at radius 3 is 2.07 bits per heavy atom. The van der Waals surface area contributed by atoms with Gasteiger partial charge in [0.25, 0.3) is 0 Å². The molecular formula is C12H12N2. The van der Waals surface area contributed by atoms with E-state index in [2.05, 4.69) is 0 Å². The van der Waals surface area contributed by atoms with Crippen molar-refractivity contribution in [3.05, 3.63) is 35.4 Å². The van der Waals surface area contributed by atoms with Crippen molar-refractivity contribution in [1.82, 2.24) is 0 Å². The fourth-order valence-corrected chi connectivity index (χ4v) is 1.22. The van der Waals surface area contributed by atoms with E-state index in [0.29, 0.717) is 6.42 Å². The van der Waals surface area contributed by atoms with E-state index in [4.69, 9.17) is 10.5 Å². The number of benzene rings is 1. The Bertz CT molecular complexity index is 376. The van der Waals surface area contributed by atoms with E-state index in [9.17, 15) is 0 Å². The number of hydrogen-bond acceptors (Lipinski definition) is 2. The van der Waals surface area contributed by atoms with Crippen molar-refractivity contribution in [2.45, 2.75) is 20.3 Å². The van der Waals surface area contributed by atoms with Crippen molar-refractivity contribution in [1.29, 1.82) is 10.5 Å². The fraction of sp³-hybridized carbons (Fsp3) is 0.333. The maximum atomic E-state index is 8.83. The first-order chi connectivity index (χ1) is 6.59. The first-order valence-electron chi connectivity index (χ1n) is 4.48. The maximum Gasteiger partial charge on any atom is 0.145 e. The number of nitriles is 2. The van der Waals surface area contributed by atoms with E-state index in [1.54, 1.807) is 6.92 Å². The van der Waals surface area contributed by atoms with Crippen LogP contribution in [0.1, 0.15) is 18.1 Å². The van der Waals surface area contributed by atoms with Crippen LogP contribution in [0, 0.1) is 35.0 Å². The van der Waals surface area contributed by atoms with Crippen LogP contribution in [-0.2, 0) is 6.42 Å². The third-order valence-corrected chi connectivity index (χ3v) is 2.17. The van der Waals surface area contributed by atoms with Crippen molar-refractivity contribution in [3.8, 4) is 12.1 Å². The van der Waals surface area contributed by atoms with Gasteiger partial charge in [0.1, 0.15) is 5.41 Å². The molecule has 0 radical (unpaired) electrons. The predicted molar refractivity (Wildman–Crippen MR) is 54.2 cm³/mol. The molecule has 0 bridgehead atoms. The molecule has 1 aromatic carbocycles. The van der Waals surface area contributed by atoms with Gasteiger partial charge in [0.15, 0.2) is 0 Å². The first kappa shape index (κ1) is 10.3. The molecule has 70 valence electrons. The summed E-state index contributed by atoms with van der Waals surface area (Å²) in [6, 6.07) is 12.0. The van der Waals surface area contributed by atoms with Gasteiger partial charge in [-0.25, -0.2) is 0 Å². The van der Waals surface area contributed by atoms with Gasteiger partial charge in [0.2, 0.25) is 0 Å². The molecule has 0 amide bonds. The van der Waals surface area contributed by atoms with Gasteiger partial charge < -0.3 is 0 Å². The normalized spacial score (nSPS) is 10.3. The van der Waals surface area contributed by atoms with Crippen LogP contribution in [0.5, 0.6) is 0 Å². The summed E-state index contributed by atoms with van der Waals surface area (Å²) in [6.45, 7) is 3.67. The van der Waals surface area contributed by atoms with E-state index < -0.39 is 5.41 Å². The lowest BCUT2D eigenvalue weighted by Gasteiger charge is -2.11. The van der Waals surface area contributed by atoms with Gasteiger partial charge in [-0.2, -0.15) is 10.5 Å². The Balaban J connectivity index is 2.86. The highest BCUT2D eigenvalue weighted by atomic mass is 14.4. The van der Waals surface area contributed by atoms with Gasteiger partial charge in [0.05, 0.1) is 12.1 Å². The van der Waals surface area contributed by atoms with E-state index in [1.807, 2.05) is 43.3 Å². The number of aryl methyl sites for hydroxylation is 1. The average molecular weight is 184 g/mol. The lowest BCUT2D eigenvalue weighted by atomic mass is 9.87. The molecule has 0 heterocycles. The molecule has 2 heteroatoms. The monoisotopic (exact) mass is 184 g/mol. The molecule has 0 saturated heterocycles. The minimum Gasteiger partial charge on any atom is -0.197 e. The maximum absolute atomic E-state index is 8.83. The van der Waals surface area contributed by atoms with Crippen LogP contribution < -0.4 is 0 Å². The topological polar surface area (TPSA) is 47.6 Å². The van der Waals surface area contributed by atoms with Crippen LogP contribution in [0.2, 0.25) is 0 Å². The predicted octanol–water partition coefficient (Wildman–Crippen LogP) is 2.59.